The molecule has 3 aromatic rings. The van der Waals surface area contributed by atoms with Crippen molar-refractivity contribution in [3.05, 3.63) is 95.6 Å². The van der Waals surface area contributed by atoms with Crippen LogP contribution in [0.15, 0.2) is 72.8 Å². The van der Waals surface area contributed by atoms with E-state index in [1.165, 1.54) is 6.07 Å². The Morgan fingerprint density at radius 1 is 0.857 bits per heavy atom. The first kappa shape index (κ1) is 29.6. The van der Waals surface area contributed by atoms with E-state index in [0.717, 1.165) is 62.2 Å². The van der Waals surface area contributed by atoms with E-state index in [9.17, 15) is 23.2 Å². The summed E-state index contributed by atoms with van der Waals surface area (Å²) in [5, 5.41) is 0. The van der Waals surface area contributed by atoms with Crippen molar-refractivity contribution in [1.29, 1.82) is 0 Å². The summed E-state index contributed by atoms with van der Waals surface area (Å²) in [6, 6.07) is 20.1. The van der Waals surface area contributed by atoms with Crippen molar-refractivity contribution in [3.8, 4) is 11.1 Å². The number of benzene rings is 3. The van der Waals surface area contributed by atoms with Crippen LogP contribution in [-0.2, 0) is 9.53 Å². The number of ether oxygens (including phenoxy) is 1. The largest absolute Gasteiger partial charge is 0.445 e. The number of hydrogen-bond acceptors (Lipinski definition) is 5. The third-order valence-electron chi connectivity index (χ3n) is 8.89. The van der Waals surface area contributed by atoms with E-state index in [2.05, 4.69) is 4.90 Å². The summed E-state index contributed by atoms with van der Waals surface area (Å²) in [6.07, 6.45) is 4.42. The van der Waals surface area contributed by atoms with Crippen LogP contribution >= 0.6 is 0 Å². The predicted octanol–water partition coefficient (Wildman–Crippen LogP) is 6.19. The monoisotopic (exact) mass is 574 g/mol. The fraction of sp³-hybridized carbons (Fsp3) is 0.382. The number of amides is 1. The van der Waals surface area contributed by atoms with E-state index < -0.39 is 29.1 Å². The molecular formula is C34H36F2N2O4. The van der Waals surface area contributed by atoms with Crippen molar-refractivity contribution in [2.45, 2.75) is 50.5 Å². The number of nitrogens with two attached hydrogens (primary N) is 1. The normalized spacial score (nSPS) is 21.5. The van der Waals surface area contributed by atoms with Crippen LogP contribution in [0.2, 0.25) is 0 Å². The lowest BCUT2D eigenvalue weighted by Gasteiger charge is -2.38. The second-order valence-corrected chi connectivity index (χ2v) is 11.5. The average molecular weight is 575 g/mol. The van der Waals surface area contributed by atoms with E-state index in [0.29, 0.717) is 37.2 Å². The number of primary amides is 1. The van der Waals surface area contributed by atoms with Crippen LogP contribution in [0.1, 0.15) is 65.7 Å². The molecule has 0 aromatic heterocycles. The Hall–Kier alpha value is -3.91. The molecule has 0 spiro atoms. The molecular weight excluding hydrogens is 538 g/mol. The second-order valence-electron chi connectivity index (χ2n) is 11.5. The fourth-order valence-corrected chi connectivity index (χ4v) is 6.19. The first-order chi connectivity index (χ1) is 20.2. The number of carbonyl (C=O) groups excluding carboxylic acids is 3. The minimum absolute atomic E-state index is 0.0418. The first-order valence-corrected chi connectivity index (χ1v) is 14.6. The van der Waals surface area contributed by atoms with Gasteiger partial charge in [-0.1, -0.05) is 42.5 Å². The van der Waals surface area contributed by atoms with Gasteiger partial charge in [-0.05, 0) is 106 Å². The zero-order valence-corrected chi connectivity index (χ0v) is 23.6. The Labute approximate surface area is 244 Å². The van der Waals surface area contributed by atoms with Crippen LogP contribution in [0.5, 0.6) is 0 Å². The Kier molecular flexibility index (Phi) is 9.12. The highest BCUT2D eigenvalue weighted by molar-refractivity contribution is 5.98. The van der Waals surface area contributed by atoms with Gasteiger partial charge in [-0.2, -0.15) is 0 Å². The lowest BCUT2D eigenvalue weighted by atomic mass is 9.76. The molecule has 1 aliphatic heterocycles. The molecule has 220 valence electrons. The van der Waals surface area contributed by atoms with E-state index in [1.807, 2.05) is 42.5 Å². The number of piperidine rings is 1. The van der Waals surface area contributed by atoms with Crippen molar-refractivity contribution in [3.63, 3.8) is 0 Å². The number of esters is 1. The molecule has 1 saturated carbocycles. The SMILES string of the molecule is NC(=O)C1(OC(=O)c2ccc(-c3ccccc3)cc2)CCC(CCN2CCC(C(=O)c3ccc(F)cc3F)CC2)CC1. The zero-order valence-electron chi connectivity index (χ0n) is 23.6. The van der Waals surface area contributed by atoms with Crippen LogP contribution in [0.3, 0.4) is 0 Å². The second kappa shape index (κ2) is 12.9. The fourth-order valence-electron chi connectivity index (χ4n) is 6.19. The average Bonchev–Trinajstić information content (AvgIpc) is 3.01. The molecule has 8 heteroatoms. The van der Waals surface area contributed by atoms with Gasteiger partial charge in [-0.15, -0.1) is 0 Å². The number of Topliss-reactive ketones (excluding diaryl/α,β-unsaturated/α-hetero) is 1. The number of halogens is 2. The molecule has 5 rings (SSSR count). The molecule has 0 atom stereocenters. The lowest BCUT2D eigenvalue weighted by molar-refractivity contribution is -0.142. The van der Waals surface area contributed by atoms with E-state index in [4.69, 9.17) is 10.5 Å². The highest BCUT2D eigenvalue weighted by Crippen LogP contribution is 2.37. The number of likely N-dealkylation sites (tertiary alicyclic amines) is 1. The van der Waals surface area contributed by atoms with Crippen LogP contribution in [0, 0.1) is 23.5 Å². The molecule has 1 heterocycles. The van der Waals surface area contributed by atoms with Crippen LogP contribution in [-0.4, -0.2) is 47.8 Å². The van der Waals surface area contributed by atoms with E-state index in [-0.39, 0.29) is 17.3 Å². The van der Waals surface area contributed by atoms with Gasteiger partial charge in [0.1, 0.15) is 11.6 Å². The molecule has 1 aliphatic carbocycles. The van der Waals surface area contributed by atoms with E-state index in [1.54, 1.807) is 12.1 Å². The topological polar surface area (TPSA) is 89.7 Å². The number of hydrogen-bond donors (Lipinski definition) is 1. The van der Waals surface area contributed by atoms with Gasteiger partial charge in [-0.25, -0.2) is 13.6 Å². The van der Waals surface area contributed by atoms with Gasteiger partial charge in [0.2, 0.25) is 0 Å². The highest BCUT2D eigenvalue weighted by Gasteiger charge is 2.44. The van der Waals surface area contributed by atoms with Crippen molar-refractivity contribution in [1.82, 2.24) is 4.90 Å². The Balaban J connectivity index is 1.09. The molecule has 2 fully saturated rings. The summed E-state index contributed by atoms with van der Waals surface area (Å²) in [6.45, 7) is 2.32. The maximum absolute atomic E-state index is 14.1. The summed E-state index contributed by atoms with van der Waals surface area (Å²) in [4.78, 5) is 40.5. The quantitative estimate of drug-likeness (QED) is 0.243. The minimum atomic E-state index is -1.31. The maximum atomic E-state index is 14.1. The van der Waals surface area contributed by atoms with Gasteiger partial charge in [0.15, 0.2) is 11.4 Å². The van der Waals surface area contributed by atoms with Crippen molar-refractivity contribution in [2.75, 3.05) is 19.6 Å². The Bertz CT molecular complexity index is 1410. The molecule has 6 nitrogen and oxygen atoms in total. The molecule has 0 unspecified atom stereocenters. The van der Waals surface area contributed by atoms with Gasteiger partial charge in [0, 0.05) is 12.0 Å². The molecule has 42 heavy (non-hydrogen) atoms. The minimum Gasteiger partial charge on any atom is -0.445 e. The molecule has 2 aliphatic rings. The summed E-state index contributed by atoms with van der Waals surface area (Å²) in [5.41, 5.74) is 6.82. The summed E-state index contributed by atoms with van der Waals surface area (Å²) in [5.74, 6) is -2.82. The molecule has 0 bridgehead atoms. The molecule has 3 aromatic carbocycles. The lowest BCUT2D eigenvalue weighted by Crippen LogP contribution is -2.50. The third-order valence-corrected chi connectivity index (χ3v) is 8.89. The van der Waals surface area contributed by atoms with Gasteiger partial charge in [0.25, 0.3) is 5.91 Å². The predicted molar refractivity (Wildman–Crippen MR) is 156 cm³/mol. The van der Waals surface area contributed by atoms with Crippen LogP contribution < -0.4 is 5.73 Å². The zero-order chi connectivity index (χ0) is 29.7. The number of rotatable bonds is 9. The maximum Gasteiger partial charge on any atom is 0.339 e. The molecule has 1 saturated heterocycles. The van der Waals surface area contributed by atoms with Gasteiger partial charge in [0.05, 0.1) is 11.1 Å². The van der Waals surface area contributed by atoms with Crippen molar-refractivity contribution >= 4 is 17.7 Å². The van der Waals surface area contributed by atoms with Gasteiger partial charge >= 0.3 is 5.97 Å². The summed E-state index contributed by atoms with van der Waals surface area (Å²) >= 11 is 0. The van der Waals surface area contributed by atoms with Crippen molar-refractivity contribution in [2.24, 2.45) is 17.6 Å². The third kappa shape index (κ3) is 6.76. The Morgan fingerprint density at radius 3 is 2.12 bits per heavy atom. The molecule has 1 amide bonds. The van der Waals surface area contributed by atoms with Gasteiger partial charge < -0.3 is 15.4 Å². The molecule has 2 N–H and O–H groups in total. The number of nitrogens with zero attached hydrogens (tertiary/aromatic N) is 1. The highest BCUT2D eigenvalue weighted by atomic mass is 19.1. The summed E-state index contributed by atoms with van der Waals surface area (Å²) < 4.78 is 33.1. The smallest absolute Gasteiger partial charge is 0.339 e. The Morgan fingerprint density at radius 2 is 1.50 bits per heavy atom. The first-order valence-electron chi connectivity index (χ1n) is 14.6. The van der Waals surface area contributed by atoms with Gasteiger partial charge in [-0.3, -0.25) is 9.59 Å². The molecule has 0 radical (unpaired) electrons. The van der Waals surface area contributed by atoms with E-state index >= 15 is 0 Å². The van der Waals surface area contributed by atoms with Crippen molar-refractivity contribution < 1.29 is 27.9 Å². The number of ketones is 1. The van der Waals surface area contributed by atoms with Crippen LogP contribution in [0.4, 0.5) is 8.78 Å². The standard InChI is InChI=1S/C34H36F2N2O4/c35-28-10-11-29(30(36)22-28)31(39)26-15-20-38(21-16-26)19-14-23-12-17-34(18-13-23,33(37)41)42-32(40)27-8-6-25(7-9-27)24-4-2-1-3-5-24/h1-11,22-23,26H,12-21H2,(H2,37,41). The number of carbonyl (C=O) groups is 3. The summed E-state index contributed by atoms with van der Waals surface area (Å²) in [7, 11) is 0. The van der Waals surface area contributed by atoms with Crippen LogP contribution in [0.25, 0.3) is 11.1 Å².